The van der Waals surface area contributed by atoms with Gasteiger partial charge in [0.1, 0.15) is 16.5 Å². The second kappa shape index (κ2) is 6.02. The summed E-state index contributed by atoms with van der Waals surface area (Å²) < 4.78 is 13.4. The van der Waals surface area contributed by atoms with Crippen LogP contribution in [0, 0.1) is 15.9 Å². The van der Waals surface area contributed by atoms with Gasteiger partial charge in [0.15, 0.2) is 0 Å². The van der Waals surface area contributed by atoms with Crippen LogP contribution in [0.2, 0.25) is 0 Å². The Bertz CT molecular complexity index is 746. The van der Waals surface area contributed by atoms with Crippen LogP contribution in [-0.4, -0.2) is 21.0 Å². The summed E-state index contributed by atoms with van der Waals surface area (Å²) in [4.78, 5) is 22.0. The Balaban J connectivity index is 2.31. The molecule has 0 saturated carbocycles. The van der Waals surface area contributed by atoms with Gasteiger partial charge in [-0.1, -0.05) is 25.2 Å². The number of nitrogens with one attached hydrogen (secondary N) is 1. The molecule has 8 nitrogen and oxygen atoms in total. The van der Waals surface area contributed by atoms with Crippen molar-refractivity contribution in [2.24, 2.45) is 0 Å². The van der Waals surface area contributed by atoms with E-state index in [1.54, 1.807) is 0 Å². The summed E-state index contributed by atoms with van der Waals surface area (Å²) in [6.07, 6.45) is 0. The van der Waals surface area contributed by atoms with Crippen molar-refractivity contribution in [2.45, 2.75) is 19.8 Å². The van der Waals surface area contributed by atoms with Gasteiger partial charge >= 0.3 is 0 Å². The lowest BCUT2D eigenvalue weighted by atomic mass is 10.1. The van der Waals surface area contributed by atoms with Crippen LogP contribution in [0.4, 0.5) is 20.9 Å². The molecular formula is C12H12FN5O3S. The van der Waals surface area contributed by atoms with Gasteiger partial charge in [0.2, 0.25) is 5.13 Å². The molecule has 2 aromatic rings. The molecule has 0 aliphatic heterocycles. The second-order valence-corrected chi connectivity index (χ2v) is 5.71. The third-order valence-electron chi connectivity index (χ3n) is 2.72. The number of benzene rings is 1. The number of anilines is 2. The molecular weight excluding hydrogens is 313 g/mol. The average molecular weight is 325 g/mol. The first-order valence-electron chi connectivity index (χ1n) is 6.17. The first kappa shape index (κ1) is 15.8. The van der Waals surface area contributed by atoms with Crippen molar-refractivity contribution in [1.29, 1.82) is 0 Å². The number of carbonyl (C=O) groups excluding carboxylic acids is 1. The lowest BCUT2D eigenvalue weighted by molar-refractivity contribution is -0.384. The number of aromatic nitrogens is 2. The van der Waals surface area contributed by atoms with Gasteiger partial charge in [0, 0.05) is 5.92 Å². The van der Waals surface area contributed by atoms with Gasteiger partial charge in [-0.15, -0.1) is 10.2 Å². The van der Waals surface area contributed by atoms with Crippen LogP contribution in [0.3, 0.4) is 0 Å². The number of amides is 1. The lowest BCUT2D eigenvalue weighted by Gasteiger charge is -2.06. The number of nitro groups is 1. The van der Waals surface area contributed by atoms with E-state index < -0.39 is 28.0 Å². The molecule has 0 unspecified atom stereocenters. The molecule has 0 saturated heterocycles. The van der Waals surface area contributed by atoms with Crippen LogP contribution in [0.1, 0.15) is 35.1 Å². The Labute approximate surface area is 128 Å². The van der Waals surface area contributed by atoms with Crippen LogP contribution >= 0.6 is 11.3 Å². The Kier molecular flexibility index (Phi) is 4.31. The number of nitrogen functional groups attached to an aromatic ring is 1. The third kappa shape index (κ3) is 3.17. The molecule has 0 spiro atoms. The summed E-state index contributed by atoms with van der Waals surface area (Å²) in [6.45, 7) is 3.83. The van der Waals surface area contributed by atoms with Gasteiger partial charge in [-0.05, 0) is 6.07 Å². The van der Waals surface area contributed by atoms with E-state index in [2.05, 4.69) is 15.5 Å². The fraction of sp³-hybridized carbons (Fsp3) is 0.250. The zero-order valence-corrected chi connectivity index (χ0v) is 12.5. The number of nitrogens with zero attached hydrogens (tertiary/aromatic N) is 3. The van der Waals surface area contributed by atoms with Gasteiger partial charge in [0.25, 0.3) is 11.6 Å². The summed E-state index contributed by atoms with van der Waals surface area (Å²) in [5.74, 6) is -1.57. The highest BCUT2D eigenvalue weighted by Gasteiger charge is 2.22. The molecule has 1 aromatic heterocycles. The molecule has 0 aliphatic rings. The molecule has 10 heteroatoms. The topological polar surface area (TPSA) is 124 Å². The van der Waals surface area contributed by atoms with Crippen molar-refractivity contribution >= 4 is 33.8 Å². The van der Waals surface area contributed by atoms with E-state index in [-0.39, 0.29) is 16.6 Å². The smallest absolute Gasteiger partial charge is 0.295 e. The van der Waals surface area contributed by atoms with Gasteiger partial charge in [-0.25, -0.2) is 4.39 Å². The fourth-order valence-corrected chi connectivity index (χ4v) is 2.37. The predicted molar refractivity (Wildman–Crippen MR) is 79.4 cm³/mol. The molecule has 1 aromatic carbocycles. The molecule has 22 heavy (non-hydrogen) atoms. The number of rotatable bonds is 4. The van der Waals surface area contributed by atoms with Crippen molar-refractivity contribution in [1.82, 2.24) is 10.2 Å². The summed E-state index contributed by atoms with van der Waals surface area (Å²) in [6, 6.07) is 1.50. The van der Waals surface area contributed by atoms with Crippen molar-refractivity contribution in [3.63, 3.8) is 0 Å². The van der Waals surface area contributed by atoms with Gasteiger partial charge in [0.05, 0.1) is 16.6 Å². The number of hydrogen-bond acceptors (Lipinski definition) is 7. The summed E-state index contributed by atoms with van der Waals surface area (Å²) in [7, 11) is 0. The normalized spacial score (nSPS) is 10.7. The Morgan fingerprint density at radius 1 is 1.45 bits per heavy atom. The van der Waals surface area contributed by atoms with Gasteiger partial charge in [-0.2, -0.15) is 0 Å². The standard InChI is InChI=1S/C12H12FN5O3S/c1-5(2)11-16-17-12(22-11)15-10(19)7-3-6(13)4-8(9(7)14)18(20)21/h3-5H,14H2,1-2H3,(H,15,17,19). The number of hydrogen-bond donors (Lipinski definition) is 2. The van der Waals surface area contributed by atoms with Crippen LogP contribution in [0.5, 0.6) is 0 Å². The van der Waals surface area contributed by atoms with Crippen LogP contribution in [0.25, 0.3) is 0 Å². The van der Waals surface area contributed by atoms with Gasteiger partial charge < -0.3 is 5.73 Å². The lowest BCUT2D eigenvalue weighted by Crippen LogP contribution is -2.15. The minimum atomic E-state index is -0.925. The van der Waals surface area contributed by atoms with Crippen molar-refractivity contribution < 1.29 is 14.1 Å². The van der Waals surface area contributed by atoms with Crippen LogP contribution in [-0.2, 0) is 0 Å². The quantitative estimate of drug-likeness (QED) is 0.505. The van der Waals surface area contributed by atoms with Crippen LogP contribution in [0.15, 0.2) is 12.1 Å². The van der Waals surface area contributed by atoms with E-state index in [9.17, 15) is 19.3 Å². The zero-order valence-electron chi connectivity index (χ0n) is 11.7. The highest BCUT2D eigenvalue weighted by Crippen LogP contribution is 2.28. The second-order valence-electron chi connectivity index (χ2n) is 4.70. The number of carbonyl (C=O) groups is 1. The number of nitro benzene ring substituents is 1. The van der Waals surface area contributed by atoms with Crippen LogP contribution < -0.4 is 11.1 Å². The minimum absolute atomic E-state index is 0.142. The van der Waals surface area contributed by atoms with E-state index in [0.29, 0.717) is 11.1 Å². The molecule has 0 fully saturated rings. The SMILES string of the molecule is CC(C)c1nnc(NC(=O)c2cc(F)cc([N+](=O)[O-])c2N)s1. The number of nitrogens with two attached hydrogens (primary N) is 1. The molecule has 0 radical (unpaired) electrons. The monoisotopic (exact) mass is 325 g/mol. The largest absolute Gasteiger partial charge is 0.393 e. The maximum Gasteiger partial charge on any atom is 0.295 e. The molecule has 0 atom stereocenters. The van der Waals surface area contributed by atoms with E-state index in [1.807, 2.05) is 13.8 Å². The fourth-order valence-electron chi connectivity index (χ4n) is 1.63. The first-order chi connectivity index (χ1) is 10.3. The highest BCUT2D eigenvalue weighted by atomic mass is 32.1. The number of halogens is 1. The molecule has 0 bridgehead atoms. The summed E-state index contributed by atoms with van der Waals surface area (Å²) in [5.41, 5.74) is 4.17. The minimum Gasteiger partial charge on any atom is -0.393 e. The van der Waals surface area contributed by atoms with E-state index in [1.165, 1.54) is 0 Å². The maximum absolute atomic E-state index is 13.4. The van der Waals surface area contributed by atoms with Crippen molar-refractivity contribution in [2.75, 3.05) is 11.1 Å². The predicted octanol–water partition coefficient (Wildman–Crippen LogP) is 2.54. The van der Waals surface area contributed by atoms with Crippen molar-refractivity contribution in [3.05, 3.63) is 38.6 Å². The molecule has 1 amide bonds. The molecule has 2 rings (SSSR count). The summed E-state index contributed by atoms with van der Waals surface area (Å²) in [5, 5.41) is 21.8. The Morgan fingerprint density at radius 3 is 2.68 bits per heavy atom. The third-order valence-corrected chi connectivity index (χ3v) is 3.86. The molecule has 116 valence electrons. The highest BCUT2D eigenvalue weighted by molar-refractivity contribution is 7.15. The van der Waals surface area contributed by atoms with Gasteiger partial charge in [-0.3, -0.25) is 20.2 Å². The molecule has 1 heterocycles. The Hall–Kier alpha value is -2.62. The maximum atomic E-state index is 13.4. The molecule has 0 aliphatic carbocycles. The van der Waals surface area contributed by atoms with E-state index >= 15 is 0 Å². The average Bonchev–Trinajstić information content (AvgIpc) is 2.89. The molecule has 3 N–H and O–H groups in total. The summed E-state index contributed by atoms with van der Waals surface area (Å²) >= 11 is 1.16. The van der Waals surface area contributed by atoms with E-state index in [0.717, 1.165) is 17.4 Å². The van der Waals surface area contributed by atoms with Crippen molar-refractivity contribution in [3.8, 4) is 0 Å². The Morgan fingerprint density at radius 2 is 2.14 bits per heavy atom. The zero-order chi connectivity index (χ0) is 16.4. The van der Waals surface area contributed by atoms with E-state index in [4.69, 9.17) is 5.73 Å². The first-order valence-corrected chi connectivity index (χ1v) is 6.99.